The Balaban J connectivity index is 1.95. The number of sulfonamides is 1. The zero-order valence-corrected chi connectivity index (χ0v) is 17.4. The highest BCUT2D eigenvalue weighted by atomic mass is 32.2. The summed E-state index contributed by atoms with van der Waals surface area (Å²) < 4.78 is 71.6. The van der Waals surface area contributed by atoms with Crippen LogP contribution in [0.25, 0.3) is 0 Å². The Kier molecular flexibility index (Phi) is 6.26. The quantitative estimate of drug-likeness (QED) is 0.599. The molecule has 0 bridgehead atoms. The Hall–Kier alpha value is -1.98. The van der Waals surface area contributed by atoms with Gasteiger partial charge in [-0.05, 0) is 31.0 Å². The summed E-state index contributed by atoms with van der Waals surface area (Å²) in [5.41, 5.74) is 0.271. The number of ketones is 1. The Morgan fingerprint density at radius 3 is 2.53 bits per heavy atom. The lowest BCUT2D eigenvalue weighted by molar-refractivity contribution is -0.170. The number of benzene rings is 1. The minimum Gasteiger partial charge on any atom is -0.383 e. The van der Waals surface area contributed by atoms with E-state index in [1.807, 2.05) is 6.92 Å². The van der Waals surface area contributed by atoms with Crippen LogP contribution < -0.4 is 4.90 Å². The lowest BCUT2D eigenvalue weighted by Gasteiger charge is -2.24. The van der Waals surface area contributed by atoms with Crippen molar-refractivity contribution < 1.29 is 35.9 Å². The van der Waals surface area contributed by atoms with Crippen LogP contribution in [0.3, 0.4) is 0 Å². The van der Waals surface area contributed by atoms with Crippen molar-refractivity contribution in [1.29, 1.82) is 0 Å². The molecule has 0 aliphatic carbocycles. The molecule has 1 fully saturated rings. The minimum absolute atomic E-state index is 0.0490. The molecule has 1 saturated heterocycles. The highest BCUT2D eigenvalue weighted by Crippen LogP contribution is 2.40. The van der Waals surface area contributed by atoms with Crippen molar-refractivity contribution in [2.45, 2.75) is 43.3 Å². The first-order valence-electron chi connectivity index (χ1n) is 9.60. The van der Waals surface area contributed by atoms with Gasteiger partial charge in [0.15, 0.2) is 0 Å². The maximum absolute atomic E-state index is 13.2. The first-order valence-corrected chi connectivity index (χ1v) is 11.0. The van der Waals surface area contributed by atoms with E-state index in [2.05, 4.69) is 0 Å². The van der Waals surface area contributed by atoms with Crippen LogP contribution in [-0.4, -0.2) is 63.4 Å². The van der Waals surface area contributed by atoms with E-state index in [0.717, 1.165) is 16.8 Å². The number of unbranched alkanes of at least 4 members (excludes halogenated alkanes) is 1. The maximum Gasteiger partial charge on any atom is 0.393 e. The molecule has 0 spiro atoms. The summed E-state index contributed by atoms with van der Waals surface area (Å²) in [5, 5.41) is 0. The van der Waals surface area contributed by atoms with Gasteiger partial charge in [-0.3, -0.25) is 9.59 Å². The first kappa shape index (κ1) is 22.7. The van der Waals surface area contributed by atoms with Crippen LogP contribution in [0, 0.1) is 5.92 Å². The Morgan fingerprint density at radius 1 is 1.23 bits per heavy atom. The monoisotopic (exact) mass is 448 g/mol. The third kappa shape index (κ3) is 3.97. The molecule has 3 rings (SSSR count). The van der Waals surface area contributed by atoms with E-state index in [-0.39, 0.29) is 17.1 Å². The van der Waals surface area contributed by atoms with Crippen molar-refractivity contribution in [2.24, 2.45) is 5.92 Å². The number of carbonyl (C=O) groups excluding carboxylic acids is 2. The van der Waals surface area contributed by atoms with E-state index in [1.165, 1.54) is 24.1 Å². The van der Waals surface area contributed by atoms with Crippen LogP contribution >= 0.6 is 0 Å². The predicted molar refractivity (Wildman–Crippen MR) is 102 cm³/mol. The average Bonchev–Trinajstić information content (AvgIpc) is 3.21. The molecule has 11 heteroatoms. The van der Waals surface area contributed by atoms with Crippen LogP contribution in [-0.2, 0) is 19.6 Å². The third-order valence-electron chi connectivity index (χ3n) is 5.47. The second-order valence-electron chi connectivity index (χ2n) is 7.48. The molecule has 0 radical (unpaired) electrons. The molecule has 1 aromatic carbocycles. The van der Waals surface area contributed by atoms with Crippen molar-refractivity contribution in [3.63, 3.8) is 0 Å². The fourth-order valence-corrected chi connectivity index (χ4v) is 5.57. The number of halogens is 3. The maximum atomic E-state index is 13.2. The lowest BCUT2D eigenvalue weighted by atomic mass is 10.1. The normalized spacial score (nSPS) is 22.8. The number of Topliss-reactive ketones (excluding diaryl/α,β-unsaturated/α-hetero) is 1. The van der Waals surface area contributed by atoms with Gasteiger partial charge in [0.05, 0.1) is 28.7 Å². The van der Waals surface area contributed by atoms with Crippen LogP contribution in [0.4, 0.5) is 18.9 Å². The highest BCUT2D eigenvalue weighted by molar-refractivity contribution is 7.89. The fraction of sp³-hybridized carbons (Fsp3) is 0.579. The molecule has 166 valence electrons. The number of anilines is 1. The van der Waals surface area contributed by atoms with E-state index in [9.17, 15) is 31.2 Å². The van der Waals surface area contributed by atoms with Crippen molar-refractivity contribution >= 4 is 27.4 Å². The average molecular weight is 448 g/mol. The Labute approximate surface area is 172 Å². The largest absolute Gasteiger partial charge is 0.393 e. The van der Waals surface area contributed by atoms with Gasteiger partial charge in [-0.2, -0.15) is 17.5 Å². The lowest BCUT2D eigenvalue weighted by Crippen LogP contribution is -2.38. The molecular formula is C19H23F3N2O5S. The third-order valence-corrected chi connectivity index (χ3v) is 7.39. The minimum atomic E-state index is -4.53. The van der Waals surface area contributed by atoms with Crippen molar-refractivity contribution in [2.75, 3.05) is 31.7 Å². The SMILES string of the molecule is CCCCN1C(=O)C(=O)c2cc(S(=O)(=O)N3C[C@@H](C(F)(F)F)C[C@H]3COC)ccc21. The van der Waals surface area contributed by atoms with Gasteiger partial charge >= 0.3 is 6.18 Å². The summed E-state index contributed by atoms with van der Waals surface area (Å²) in [6, 6.07) is 2.70. The molecule has 2 atom stereocenters. The summed E-state index contributed by atoms with van der Waals surface area (Å²) in [6.45, 7) is 1.36. The smallest absolute Gasteiger partial charge is 0.383 e. The number of hydrogen-bond acceptors (Lipinski definition) is 5. The molecule has 0 unspecified atom stereocenters. The van der Waals surface area contributed by atoms with Crippen molar-refractivity contribution in [3.8, 4) is 0 Å². The summed E-state index contributed by atoms with van der Waals surface area (Å²) in [6.07, 6.45) is -3.46. The Morgan fingerprint density at radius 2 is 1.93 bits per heavy atom. The summed E-state index contributed by atoms with van der Waals surface area (Å²) in [4.78, 5) is 25.6. The predicted octanol–water partition coefficient (Wildman–Crippen LogP) is 2.60. The molecule has 2 aliphatic heterocycles. The van der Waals surface area contributed by atoms with Crippen molar-refractivity contribution in [1.82, 2.24) is 4.31 Å². The summed E-state index contributed by atoms with van der Waals surface area (Å²) in [7, 11) is -3.04. The molecule has 30 heavy (non-hydrogen) atoms. The standard InChI is InChI=1S/C19H23F3N2O5S/c1-3-4-7-23-16-6-5-14(9-15(16)17(25)18(23)26)30(27,28)24-10-12(19(20,21)22)8-13(24)11-29-2/h5-6,9,12-13H,3-4,7-8,10-11H2,1-2H3/t12-,13-/m0/s1. The molecule has 0 aromatic heterocycles. The van der Waals surface area contributed by atoms with Crippen LogP contribution in [0.15, 0.2) is 23.1 Å². The molecule has 1 aromatic rings. The van der Waals surface area contributed by atoms with E-state index in [4.69, 9.17) is 4.74 Å². The molecular weight excluding hydrogens is 425 g/mol. The van der Waals surface area contributed by atoms with Gasteiger partial charge in [-0.25, -0.2) is 8.42 Å². The second kappa shape index (κ2) is 8.27. The van der Waals surface area contributed by atoms with Gasteiger partial charge in [-0.15, -0.1) is 0 Å². The zero-order valence-electron chi connectivity index (χ0n) is 16.6. The number of methoxy groups -OCH3 is 1. The number of carbonyl (C=O) groups is 2. The number of hydrogen-bond donors (Lipinski definition) is 0. The van der Waals surface area contributed by atoms with Gasteiger partial charge in [0, 0.05) is 26.2 Å². The Bertz CT molecular complexity index is 948. The van der Waals surface area contributed by atoms with Gasteiger partial charge in [0.2, 0.25) is 10.0 Å². The molecule has 1 amide bonds. The van der Waals surface area contributed by atoms with Gasteiger partial charge in [-0.1, -0.05) is 13.3 Å². The van der Waals surface area contributed by atoms with Crippen molar-refractivity contribution in [3.05, 3.63) is 23.8 Å². The molecule has 0 saturated carbocycles. The number of ether oxygens (including phenoxy) is 1. The number of fused-ring (bicyclic) bond motifs is 1. The number of rotatable bonds is 7. The number of amides is 1. The van der Waals surface area contributed by atoms with E-state index in [1.54, 1.807) is 0 Å². The fourth-order valence-electron chi connectivity index (χ4n) is 3.88. The van der Waals surface area contributed by atoms with Gasteiger partial charge in [0.1, 0.15) is 0 Å². The summed E-state index contributed by atoms with van der Waals surface area (Å²) >= 11 is 0. The van der Waals surface area contributed by atoms with E-state index in [0.29, 0.717) is 18.7 Å². The topological polar surface area (TPSA) is 84.0 Å². The van der Waals surface area contributed by atoms with Crippen LogP contribution in [0.5, 0.6) is 0 Å². The first-order chi connectivity index (χ1) is 14.0. The van der Waals surface area contributed by atoms with E-state index >= 15 is 0 Å². The van der Waals surface area contributed by atoms with E-state index < -0.39 is 52.8 Å². The molecule has 0 N–H and O–H groups in total. The number of nitrogens with zero attached hydrogens (tertiary/aromatic N) is 2. The van der Waals surface area contributed by atoms with Gasteiger partial charge in [0.25, 0.3) is 11.7 Å². The summed E-state index contributed by atoms with van der Waals surface area (Å²) in [5.74, 6) is -3.35. The molecule has 2 heterocycles. The van der Waals surface area contributed by atoms with Crippen LogP contribution in [0.1, 0.15) is 36.5 Å². The zero-order chi connectivity index (χ0) is 22.3. The van der Waals surface area contributed by atoms with Gasteiger partial charge < -0.3 is 9.64 Å². The second-order valence-corrected chi connectivity index (χ2v) is 9.37. The highest BCUT2D eigenvalue weighted by Gasteiger charge is 2.51. The number of alkyl halides is 3. The van der Waals surface area contributed by atoms with Crippen LogP contribution in [0.2, 0.25) is 0 Å². The molecule has 7 nitrogen and oxygen atoms in total. The molecule has 2 aliphatic rings.